The minimum atomic E-state index is -0.413. The van der Waals surface area contributed by atoms with Gasteiger partial charge < -0.3 is 14.9 Å². The van der Waals surface area contributed by atoms with E-state index in [0.717, 1.165) is 16.0 Å². The molecule has 0 spiro atoms. The Balaban J connectivity index is 2.00. The van der Waals surface area contributed by atoms with Crippen LogP contribution in [0.4, 0.5) is 0 Å². The molecule has 0 aliphatic carbocycles. The number of aromatic nitrogens is 1. The summed E-state index contributed by atoms with van der Waals surface area (Å²) in [5.74, 6) is 0.749. The van der Waals surface area contributed by atoms with Crippen LogP contribution in [0.3, 0.4) is 0 Å². The first-order valence-corrected chi connectivity index (χ1v) is 8.10. The zero-order valence-electron chi connectivity index (χ0n) is 13.0. The van der Waals surface area contributed by atoms with Crippen molar-refractivity contribution in [1.29, 1.82) is 0 Å². The molecule has 1 heterocycles. The second-order valence-corrected chi connectivity index (χ2v) is 6.70. The molecule has 0 amide bonds. The molecule has 0 aliphatic rings. The molecule has 0 saturated carbocycles. The Hall–Kier alpha value is -1.73. The van der Waals surface area contributed by atoms with Crippen LogP contribution in [0.2, 0.25) is 0 Å². The molecular formula is C15H19N3O2S2. The predicted molar refractivity (Wildman–Crippen MR) is 95.0 cm³/mol. The van der Waals surface area contributed by atoms with Gasteiger partial charge in [-0.25, -0.2) is 4.98 Å². The van der Waals surface area contributed by atoms with Crippen molar-refractivity contribution in [3.05, 3.63) is 23.7 Å². The van der Waals surface area contributed by atoms with E-state index in [0.29, 0.717) is 4.99 Å². The van der Waals surface area contributed by atoms with Crippen LogP contribution in [0, 0.1) is 0 Å². The molecule has 0 fully saturated rings. The van der Waals surface area contributed by atoms with E-state index in [-0.39, 0.29) is 6.10 Å². The molecular weight excluding hydrogens is 318 g/mol. The number of benzene rings is 1. The Morgan fingerprint density at radius 2 is 2.27 bits per heavy atom. The van der Waals surface area contributed by atoms with Gasteiger partial charge in [-0.15, -0.1) is 11.3 Å². The molecule has 1 N–H and O–H groups in total. The van der Waals surface area contributed by atoms with Gasteiger partial charge in [-0.2, -0.15) is 0 Å². The highest BCUT2D eigenvalue weighted by atomic mass is 32.1. The minimum absolute atomic E-state index is 0.263. The molecule has 0 bridgehead atoms. The van der Waals surface area contributed by atoms with E-state index in [4.69, 9.17) is 21.8 Å². The lowest BCUT2D eigenvalue weighted by molar-refractivity contribution is 0.212. The van der Waals surface area contributed by atoms with Crippen LogP contribution < -0.4 is 10.1 Å². The summed E-state index contributed by atoms with van der Waals surface area (Å²) in [7, 11) is 1.51. The summed E-state index contributed by atoms with van der Waals surface area (Å²) in [6, 6.07) is 5.85. The van der Waals surface area contributed by atoms with Crippen LogP contribution in [-0.4, -0.2) is 34.9 Å². The van der Waals surface area contributed by atoms with Crippen molar-refractivity contribution in [2.45, 2.75) is 32.4 Å². The third-order valence-corrected chi connectivity index (χ3v) is 4.15. The molecule has 0 radical (unpaired) electrons. The van der Waals surface area contributed by atoms with E-state index in [1.54, 1.807) is 17.6 Å². The van der Waals surface area contributed by atoms with Gasteiger partial charge in [0.2, 0.25) is 0 Å². The first kappa shape index (κ1) is 16.6. The molecule has 1 unspecified atom stereocenters. The zero-order chi connectivity index (χ0) is 16.2. The van der Waals surface area contributed by atoms with Crippen molar-refractivity contribution in [3.63, 3.8) is 0 Å². The number of nitrogens with zero attached hydrogens (tertiary/aromatic N) is 2. The topological polar surface area (TPSA) is 55.7 Å². The molecule has 7 heteroatoms. The first-order valence-electron chi connectivity index (χ1n) is 6.81. The standard InChI is InChI=1S/C15H19N3O2S2/c1-10(14(21)18-15(2,3)8-17-19-4)20-11-5-6-13-12(7-11)16-9-22-13/h5-10H,1-4H3,(H,18,21). The summed E-state index contributed by atoms with van der Waals surface area (Å²) in [6.45, 7) is 5.82. The van der Waals surface area contributed by atoms with E-state index in [9.17, 15) is 0 Å². The molecule has 118 valence electrons. The number of oxime groups is 1. The van der Waals surface area contributed by atoms with Gasteiger partial charge in [0.1, 0.15) is 24.0 Å². The lowest BCUT2D eigenvalue weighted by Crippen LogP contribution is -2.48. The van der Waals surface area contributed by atoms with E-state index >= 15 is 0 Å². The summed E-state index contributed by atoms with van der Waals surface area (Å²) < 4.78 is 7.03. The number of rotatable bonds is 6. The fourth-order valence-electron chi connectivity index (χ4n) is 1.80. The average Bonchev–Trinajstić information content (AvgIpc) is 2.92. The van der Waals surface area contributed by atoms with Crippen molar-refractivity contribution in [3.8, 4) is 5.75 Å². The van der Waals surface area contributed by atoms with Crippen molar-refractivity contribution in [2.24, 2.45) is 5.16 Å². The molecule has 0 aliphatic heterocycles. The number of fused-ring (bicyclic) bond motifs is 1. The Labute approximate surface area is 139 Å². The first-order chi connectivity index (χ1) is 10.4. The zero-order valence-corrected chi connectivity index (χ0v) is 14.6. The van der Waals surface area contributed by atoms with Gasteiger partial charge in [0, 0.05) is 6.07 Å². The monoisotopic (exact) mass is 337 g/mol. The van der Waals surface area contributed by atoms with Gasteiger partial charge in [0.05, 0.1) is 27.5 Å². The highest BCUT2D eigenvalue weighted by Gasteiger charge is 2.20. The third kappa shape index (κ3) is 4.38. The number of thiocarbonyl (C=S) groups is 1. The van der Waals surface area contributed by atoms with Crippen LogP contribution in [0.25, 0.3) is 10.2 Å². The van der Waals surface area contributed by atoms with Crippen molar-refractivity contribution in [1.82, 2.24) is 10.3 Å². The highest BCUT2D eigenvalue weighted by Crippen LogP contribution is 2.23. The van der Waals surface area contributed by atoms with Crippen LogP contribution in [0.5, 0.6) is 5.75 Å². The molecule has 1 aromatic heterocycles. The molecule has 1 atom stereocenters. The average molecular weight is 337 g/mol. The molecule has 5 nitrogen and oxygen atoms in total. The highest BCUT2D eigenvalue weighted by molar-refractivity contribution is 7.80. The summed E-state index contributed by atoms with van der Waals surface area (Å²) in [4.78, 5) is 9.58. The SMILES string of the molecule is CON=CC(C)(C)NC(=S)C(C)Oc1ccc2scnc2c1. The maximum atomic E-state index is 5.89. The molecule has 2 rings (SSSR count). The normalized spacial score (nSPS) is 13.3. The molecule has 0 saturated heterocycles. The second-order valence-electron chi connectivity index (χ2n) is 5.37. The van der Waals surface area contributed by atoms with Crippen molar-refractivity contribution >= 4 is 45.0 Å². The van der Waals surface area contributed by atoms with Crippen LogP contribution in [-0.2, 0) is 4.84 Å². The van der Waals surface area contributed by atoms with Crippen LogP contribution in [0.15, 0.2) is 28.9 Å². The quantitative estimate of drug-likeness (QED) is 0.497. The van der Waals surface area contributed by atoms with Gasteiger partial charge in [-0.1, -0.05) is 17.4 Å². The third-order valence-electron chi connectivity index (χ3n) is 2.91. The summed E-state index contributed by atoms with van der Waals surface area (Å²) in [5, 5.41) is 6.98. The fourth-order valence-corrected chi connectivity index (χ4v) is 2.77. The van der Waals surface area contributed by atoms with Crippen molar-refractivity contribution in [2.75, 3.05) is 7.11 Å². The Morgan fingerprint density at radius 1 is 1.50 bits per heavy atom. The second kappa shape index (κ2) is 7.02. The maximum Gasteiger partial charge on any atom is 0.146 e. The lowest BCUT2D eigenvalue weighted by Gasteiger charge is -2.26. The van der Waals surface area contributed by atoms with Gasteiger partial charge >= 0.3 is 0 Å². The van der Waals surface area contributed by atoms with Crippen molar-refractivity contribution < 1.29 is 9.57 Å². The predicted octanol–water partition coefficient (Wildman–Crippen LogP) is 3.39. The van der Waals surface area contributed by atoms with Crippen LogP contribution in [0.1, 0.15) is 20.8 Å². The van der Waals surface area contributed by atoms with E-state index in [1.165, 1.54) is 7.11 Å². The number of nitrogens with one attached hydrogen (secondary N) is 1. The van der Waals surface area contributed by atoms with Gasteiger partial charge in [0.15, 0.2) is 0 Å². The smallest absolute Gasteiger partial charge is 0.146 e. The Kier molecular flexibility index (Phi) is 5.31. The van der Waals surface area contributed by atoms with E-state index < -0.39 is 5.54 Å². The van der Waals surface area contributed by atoms with Gasteiger partial charge in [-0.05, 0) is 32.9 Å². The molecule has 22 heavy (non-hydrogen) atoms. The number of thiazole rings is 1. The maximum absolute atomic E-state index is 5.89. The molecule has 2 aromatic rings. The van der Waals surface area contributed by atoms with Gasteiger partial charge in [0.25, 0.3) is 0 Å². The van der Waals surface area contributed by atoms with E-state index in [2.05, 4.69) is 15.5 Å². The summed E-state index contributed by atoms with van der Waals surface area (Å²) >= 11 is 7.01. The minimum Gasteiger partial charge on any atom is -0.484 e. The van der Waals surface area contributed by atoms with Gasteiger partial charge in [-0.3, -0.25) is 0 Å². The summed E-state index contributed by atoms with van der Waals surface area (Å²) in [5.41, 5.74) is 2.34. The molecule has 1 aromatic carbocycles. The van der Waals surface area contributed by atoms with E-state index in [1.807, 2.05) is 44.5 Å². The number of ether oxygens (including phenoxy) is 1. The fraction of sp³-hybridized carbons (Fsp3) is 0.400. The lowest BCUT2D eigenvalue weighted by atomic mass is 10.1. The Morgan fingerprint density at radius 3 is 3.00 bits per heavy atom. The number of hydrogen-bond acceptors (Lipinski definition) is 6. The summed E-state index contributed by atoms with van der Waals surface area (Å²) in [6.07, 6.45) is 1.40. The Bertz CT molecular complexity index is 682. The number of hydrogen-bond donors (Lipinski definition) is 1. The van der Waals surface area contributed by atoms with Crippen LogP contribution >= 0.6 is 23.6 Å². The largest absolute Gasteiger partial charge is 0.484 e.